The Bertz CT molecular complexity index is 667. The molecule has 5 nitrogen and oxygen atoms in total. The number of carbonyl (C=O) groups excluding carboxylic acids is 1. The SMILES string of the molecule is CCNc1nnc(SC(C)C(=O)Nc2ccc(Br)cc2F)s1. The van der Waals surface area contributed by atoms with E-state index in [4.69, 9.17) is 0 Å². The maximum atomic E-state index is 13.7. The first kappa shape index (κ1) is 17.2. The van der Waals surface area contributed by atoms with Crippen molar-refractivity contribution < 1.29 is 9.18 Å². The van der Waals surface area contributed by atoms with Crippen LogP contribution in [0.2, 0.25) is 0 Å². The molecule has 9 heteroatoms. The van der Waals surface area contributed by atoms with E-state index in [-0.39, 0.29) is 11.6 Å². The summed E-state index contributed by atoms with van der Waals surface area (Å²) in [7, 11) is 0. The highest BCUT2D eigenvalue weighted by atomic mass is 79.9. The Morgan fingerprint density at radius 1 is 1.50 bits per heavy atom. The maximum Gasteiger partial charge on any atom is 0.237 e. The number of amides is 1. The van der Waals surface area contributed by atoms with Gasteiger partial charge in [-0.1, -0.05) is 39.0 Å². The number of benzene rings is 1. The Balaban J connectivity index is 1.96. The van der Waals surface area contributed by atoms with Crippen molar-refractivity contribution >= 4 is 55.8 Å². The molecule has 0 fully saturated rings. The van der Waals surface area contributed by atoms with Crippen molar-refractivity contribution in [2.75, 3.05) is 17.2 Å². The molecule has 22 heavy (non-hydrogen) atoms. The summed E-state index contributed by atoms with van der Waals surface area (Å²) in [6.45, 7) is 4.47. The zero-order chi connectivity index (χ0) is 16.1. The smallest absolute Gasteiger partial charge is 0.237 e. The van der Waals surface area contributed by atoms with Crippen molar-refractivity contribution in [2.45, 2.75) is 23.4 Å². The molecule has 1 atom stereocenters. The van der Waals surface area contributed by atoms with E-state index < -0.39 is 11.1 Å². The van der Waals surface area contributed by atoms with Gasteiger partial charge in [0.15, 0.2) is 4.34 Å². The molecular weight excluding hydrogens is 391 g/mol. The number of carbonyl (C=O) groups is 1. The summed E-state index contributed by atoms with van der Waals surface area (Å²) in [5.41, 5.74) is 0.159. The van der Waals surface area contributed by atoms with Crippen LogP contribution in [0.4, 0.5) is 15.2 Å². The van der Waals surface area contributed by atoms with Gasteiger partial charge in [0, 0.05) is 11.0 Å². The van der Waals surface area contributed by atoms with Crippen LogP contribution >= 0.6 is 39.0 Å². The standard InChI is InChI=1S/C13H14BrFN4OS2/c1-3-16-12-18-19-13(22-12)21-7(2)11(20)17-10-5-4-8(14)6-9(10)15/h4-7H,3H2,1-2H3,(H,16,18)(H,17,20). The molecule has 1 aromatic carbocycles. The Morgan fingerprint density at radius 3 is 2.95 bits per heavy atom. The summed E-state index contributed by atoms with van der Waals surface area (Å²) in [6, 6.07) is 4.49. The molecule has 1 amide bonds. The Kier molecular flexibility index (Phi) is 6.16. The molecule has 118 valence electrons. The lowest BCUT2D eigenvalue weighted by Crippen LogP contribution is -2.22. The number of hydrogen-bond acceptors (Lipinski definition) is 6. The van der Waals surface area contributed by atoms with Crippen LogP contribution in [0.1, 0.15) is 13.8 Å². The highest BCUT2D eigenvalue weighted by Crippen LogP contribution is 2.29. The van der Waals surface area contributed by atoms with Gasteiger partial charge in [0.25, 0.3) is 0 Å². The zero-order valence-electron chi connectivity index (χ0n) is 11.9. The second-order valence-electron chi connectivity index (χ2n) is 4.28. The van der Waals surface area contributed by atoms with E-state index in [1.807, 2.05) is 6.92 Å². The van der Waals surface area contributed by atoms with Crippen LogP contribution in [0, 0.1) is 5.82 Å². The minimum atomic E-state index is -0.481. The largest absolute Gasteiger partial charge is 0.360 e. The van der Waals surface area contributed by atoms with Crippen molar-refractivity contribution in [3.8, 4) is 0 Å². The van der Waals surface area contributed by atoms with Crippen molar-refractivity contribution in [1.29, 1.82) is 0 Å². The number of nitrogens with zero attached hydrogens (tertiary/aromatic N) is 2. The van der Waals surface area contributed by atoms with Crippen LogP contribution in [0.25, 0.3) is 0 Å². The molecule has 0 saturated carbocycles. The number of thioether (sulfide) groups is 1. The van der Waals surface area contributed by atoms with Crippen molar-refractivity contribution in [3.05, 3.63) is 28.5 Å². The van der Waals surface area contributed by atoms with E-state index in [2.05, 4.69) is 36.8 Å². The predicted octanol–water partition coefficient (Wildman–Crippen LogP) is 3.99. The molecular formula is C13H14BrFN4OS2. The molecule has 1 aromatic heterocycles. The number of rotatable bonds is 6. The fourth-order valence-corrected chi connectivity index (χ4v) is 3.81. The third-order valence-electron chi connectivity index (χ3n) is 2.57. The summed E-state index contributed by atoms with van der Waals surface area (Å²) in [5.74, 6) is -0.767. The molecule has 2 rings (SSSR count). The fraction of sp³-hybridized carbons (Fsp3) is 0.308. The second-order valence-corrected chi connectivity index (χ2v) is 7.76. The molecule has 0 aliphatic rings. The number of nitrogens with one attached hydrogen (secondary N) is 2. The van der Waals surface area contributed by atoms with E-state index in [0.29, 0.717) is 8.81 Å². The van der Waals surface area contributed by atoms with Crippen molar-refractivity contribution in [1.82, 2.24) is 10.2 Å². The Labute approximate surface area is 144 Å². The first-order chi connectivity index (χ1) is 10.5. The van der Waals surface area contributed by atoms with Crippen LogP contribution in [0.15, 0.2) is 27.0 Å². The number of aromatic nitrogens is 2. The third-order valence-corrected chi connectivity index (χ3v) is 5.13. The van der Waals surface area contributed by atoms with Gasteiger partial charge in [0.1, 0.15) is 5.82 Å². The molecule has 1 unspecified atom stereocenters. The summed E-state index contributed by atoms with van der Waals surface area (Å²) in [4.78, 5) is 12.1. The van der Waals surface area contributed by atoms with Crippen molar-refractivity contribution in [2.24, 2.45) is 0 Å². The number of anilines is 2. The summed E-state index contributed by atoms with van der Waals surface area (Å²) < 4.78 is 15.0. The van der Waals surface area contributed by atoms with Crippen LogP contribution in [0.3, 0.4) is 0 Å². The van der Waals surface area contributed by atoms with Gasteiger partial charge in [0.05, 0.1) is 10.9 Å². The molecule has 2 aromatic rings. The third kappa shape index (κ3) is 4.65. The quantitative estimate of drug-likeness (QED) is 0.712. The van der Waals surface area contributed by atoms with Crippen LogP contribution in [-0.2, 0) is 4.79 Å². The molecule has 0 radical (unpaired) electrons. The topological polar surface area (TPSA) is 66.9 Å². The first-order valence-electron chi connectivity index (χ1n) is 6.49. The molecule has 0 bridgehead atoms. The first-order valence-corrected chi connectivity index (χ1v) is 8.98. The lowest BCUT2D eigenvalue weighted by atomic mass is 10.3. The van der Waals surface area contributed by atoms with E-state index >= 15 is 0 Å². The number of halogens is 2. The van der Waals surface area contributed by atoms with Gasteiger partial charge in [0.2, 0.25) is 11.0 Å². The van der Waals surface area contributed by atoms with Crippen molar-refractivity contribution in [3.63, 3.8) is 0 Å². The van der Waals surface area contributed by atoms with Gasteiger partial charge >= 0.3 is 0 Å². The molecule has 1 heterocycles. The van der Waals surface area contributed by atoms with Gasteiger partial charge in [-0.25, -0.2) is 4.39 Å². The normalized spacial score (nSPS) is 12.0. The average molecular weight is 405 g/mol. The van der Waals surface area contributed by atoms with Crippen LogP contribution in [-0.4, -0.2) is 27.9 Å². The Hall–Kier alpha value is -1.19. The molecule has 0 aliphatic carbocycles. The molecule has 0 saturated heterocycles. The lowest BCUT2D eigenvalue weighted by Gasteiger charge is -2.11. The average Bonchev–Trinajstić information content (AvgIpc) is 2.89. The minimum absolute atomic E-state index is 0.159. The van der Waals surface area contributed by atoms with Gasteiger partial charge in [-0.3, -0.25) is 4.79 Å². The summed E-state index contributed by atoms with van der Waals surface area (Å²) >= 11 is 5.85. The van der Waals surface area contributed by atoms with Gasteiger partial charge < -0.3 is 10.6 Å². The highest BCUT2D eigenvalue weighted by Gasteiger charge is 2.18. The zero-order valence-corrected chi connectivity index (χ0v) is 15.1. The maximum absolute atomic E-state index is 13.7. The molecule has 0 spiro atoms. The predicted molar refractivity (Wildman–Crippen MR) is 92.1 cm³/mol. The van der Waals surface area contributed by atoms with Crippen LogP contribution < -0.4 is 10.6 Å². The van der Waals surface area contributed by atoms with Gasteiger partial charge in [-0.05, 0) is 32.0 Å². The van der Waals surface area contributed by atoms with Crippen LogP contribution in [0.5, 0.6) is 0 Å². The highest BCUT2D eigenvalue weighted by molar-refractivity contribution is 9.10. The van der Waals surface area contributed by atoms with Gasteiger partial charge in [-0.15, -0.1) is 10.2 Å². The molecule has 2 N–H and O–H groups in total. The summed E-state index contributed by atoms with van der Waals surface area (Å²) in [6.07, 6.45) is 0. The van der Waals surface area contributed by atoms with E-state index in [1.54, 1.807) is 13.0 Å². The molecule has 0 aliphatic heterocycles. The number of hydrogen-bond donors (Lipinski definition) is 2. The monoisotopic (exact) mass is 404 g/mol. The summed E-state index contributed by atoms with van der Waals surface area (Å²) in [5, 5.41) is 13.9. The van der Waals surface area contributed by atoms with E-state index in [9.17, 15) is 9.18 Å². The van der Waals surface area contributed by atoms with E-state index in [1.165, 1.54) is 35.2 Å². The minimum Gasteiger partial charge on any atom is -0.360 e. The fourth-order valence-electron chi connectivity index (χ4n) is 1.51. The van der Waals surface area contributed by atoms with E-state index in [0.717, 1.165) is 11.7 Å². The van der Waals surface area contributed by atoms with Gasteiger partial charge in [-0.2, -0.15) is 0 Å². The second kappa shape index (κ2) is 7.89. The Morgan fingerprint density at radius 2 is 2.27 bits per heavy atom. The lowest BCUT2D eigenvalue weighted by molar-refractivity contribution is -0.115.